The molecule has 0 saturated heterocycles. The summed E-state index contributed by atoms with van der Waals surface area (Å²) in [5, 5.41) is 11.5. The van der Waals surface area contributed by atoms with Gasteiger partial charge in [-0.1, -0.05) is 13.3 Å². The van der Waals surface area contributed by atoms with Crippen LogP contribution in [-0.4, -0.2) is 67.2 Å². The molecule has 2 N–H and O–H groups in total. The van der Waals surface area contributed by atoms with Gasteiger partial charge < -0.3 is 20.2 Å². The van der Waals surface area contributed by atoms with Crippen LogP contribution in [0.1, 0.15) is 26.2 Å². The van der Waals surface area contributed by atoms with Crippen molar-refractivity contribution >= 4 is 12.0 Å². The summed E-state index contributed by atoms with van der Waals surface area (Å²) in [5.74, 6) is -0.980. The number of carbonyl (C=O) groups is 2. The minimum atomic E-state index is -0.980. The van der Waals surface area contributed by atoms with Crippen LogP contribution in [0.4, 0.5) is 4.79 Å². The summed E-state index contributed by atoms with van der Waals surface area (Å²) in [4.78, 5) is 26.2. The molecule has 0 aliphatic carbocycles. The van der Waals surface area contributed by atoms with Crippen molar-refractivity contribution in [3.8, 4) is 0 Å². The van der Waals surface area contributed by atoms with Crippen LogP contribution >= 0.6 is 0 Å². The molecule has 0 aromatic rings. The summed E-state index contributed by atoms with van der Waals surface area (Å²) in [6, 6.07) is -1.12. The van der Waals surface area contributed by atoms with Gasteiger partial charge in [-0.3, -0.25) is 0 Å². The number of hydrogen-bond acceptors (Lipinski definition) is 3. The third-order valence-electron chi connectivity index (χ3n) is 2.62. The normalized spacial score (nSPS) is 12.3. The highest BCUT2D eigenvalue weighted by atomic mass is 16.4. The van der Waals surface area contributed by atoms with Gasteiger partial charge in [0.2, 0.25) is 0 Å². The van der Waals surface area contributed by atoms with Crippen molar-refractivity contribution < 1.29 is 14.7 Å². The molecule has 0 rings (SSSR count). The van der Waals surface area contributed by atoms with Crippen molar-refractivity contribution in [2.45, 2.75) is 32.2 Å². The number of aliphatic carboxylic acids is 1. The maximum atomic E-state index is 11.7. The molecule has 0 radical (unpaired) electrons. The highest BCUT2D eigenvalue weighted by Crippen LogP contribution is 1.99. The molecule has 1 atom stereocenters. The predicted molar refractivity (Wildman–Crippen MR) is 70.7 cm³/mol. The second-order valence-electron chi connectivity index (χ2n) is 4.71. The van der Waals surface area contributed by atoms with Gasteiger partial charge in [-0.15, -0.1) is 0 Å². The van der Waals surface area contributed by atoms with E-state index in [1.54, 1.807) is 7.05 Å². The molecule has 2 amide bonds. The van der Waals surface area contributed by atoms with Gasteiger partial charge in [0.05, 0.1) is 0 Å². The van der Waals surface area contributed by atoms with E-state index in [-0.39, 0.29) is 6.03 Å². The number of carboxylic acid groups (broad SMARTS) is 1. The molecule has 0 heterocycles. The largest absolute Gasteiger partial charge is 0.480 e. The monoisotopic (exact) mass is 259 g/mol. The topological polar surface area (TPSA) is 72.9 Å². The van der Waals surface area contributed by atoms with E-state index in [0.29, 0.717) is 13.0 Å². The zero-order valence-electron chi connectivity index (χ0n) is 11.8. The molecular formula is C12H25N3O3. The fraction of sp³-hybridized carbons (Fsp3) is 0.833. The van der Waals surface area contributed by atoms with E-state index in [1.165, 1.54) is 4.90 Å². The molecule has 0 aliphatic rings. The Morgan fingerprint density at radius 3 is 2.28 bits per heavy atom. The van der Waals surface area contributed by atoms with Gasteiger partial charge in [0.25, 0.3) is 0 Å². The van der Waals surface area contributed by atoms with E-state index < -0.39 is 12.0 Å². The summed E-state index contributed by atoms with van der Waals surface area (Å²) in [7, 11) is 5.62. The molecule has 0 aromatic carbocycles. The minimum absolute atomic E-state index is 0.324. The van der Waals surface area contributed by atoms with Crippen molar-refractivity contribution in [1.82, 2.24) is 15.1 Å². The first-order valence-electron chi connectivity index (χ1n) is 6.27. The van der Waals surface area contributed by atoms with E-state index in [9.17, 15) is 9.59 Å². The average Bonchev–Trinajstić information content (AvgIpc) is 2.27. The Hall–Kier alpha value is -1.30. The van der Waals surface area contributed by atoms with Gasteiger partial charge in [-0.2, -0.15) is 0 Å². The molecule has 0 spiro atoms. The average molecular weight is 259 g/mol. The molecule has 18 heavy (non-hydrogen) atoms. The highest BCUT2D eigenvalue weighted by molar-refractivity contribution is 5.82. The van der Waals surface area contributed by atoms with Crippen LogP contribution in [0.5, 0.6) is 0 Å². The van der Waals surface area contributed by atoms with E-state index in [1.807, 2.05) is 25.9 Å². The number of rotatable bonds is 8. The maximum absolute atomic E-state index is 11.7. The van der Waals surface area contributed by atoms with Crippen LogP contribution in [0.2, 0.25) is 0 Å². The second-order valence-corrected chi connectivity index (χ2v) is 4.71. The van der Waals surface area contributed by atoms with Crippen LogP contribution in [0.15, 0.2) is 0 Å². The Bertz CT molecular complexity index is 269. The number of hydrogen-bond donors (Lipinski definition) is 2. The second kappa shape index (κ2) is 8.74. The summed E-state index contributed by atoms with van der Waals surface area (Å²) in [6.45, 7) is 3.40. The molecule has 6 nitrogen and oxygen atoms in total. The zero-order chi connectivity index (χ0) is 14.1. The molecular weight excluding hydrogens is 234 g/mol. The van der Waals surface area contributed by atoms with Gasteiger partial charge in [-0.25, -0.2) is 9.59 Å². The van der Waals surface area contributed by atoms with Crippen molar-refractivity contribution in [1.29, 1.82) is 0 Å². The molecule has 0 saturated carbocycles. The SMILES string of the molecule is CCC[C@H](NC(=O)N(C)CCCN(C)C)C(=O)O. The molecule has 0 aliphatic heterocycles. The van der Waals surface area contributed by atoms with Crippen LogP contribution < -0.4 is 5.32 Å². The van der Waals surface area contributed by atoms with Crippen LogP contribution in [0.3, 0.4) is 0 Å². The van der Waals surface area contributed by atoms with E-state index in [2.05, 4.69) is 5.32 Å². The molecule has 0 bridgehead atoms. The fourth-order valence-electron chi connectivity index (χ4n) is 1.53. The summed E-state index contributed by atoms with van der Waals surface area (Å²) in [6.07, 6.45) is 2.04. The summed E-state index contributed by atoms with van der Waals surface area (Å²) in [5.41, 5.74) is 0. The van der Waals surface area contributed by atoms with E-state index in [4.69, 9.17) is 5.11 Å². The summed E-state index contributed by atoms with van der Waals surface area (Å²) < 4.78 is 0. The highest BCUT2D eigenvalue weighted by Gasteiger charge is 2.20. The third-order valence-corrected chi connectivity index (χ3v) is 2.62. The van der Waals surface area contributed by atoms with Crippen molar-refractivity contribution in [2.24, 2.45) is 0 Å². The maximum Gasteiger partial charge on any atom is 0.326 e. The predicted octanol–water partition coefficient (Wildman–Crippen LogP) is 0.833. The minimum Gasteiger partial charge on any atom is -0.480 e. The van der Waals surface area contributed by atoms with Crippen molar-refractivity contribution in [3.05, 3.63) is 0 Å². The first kappa shape index (κ1) is 16.7. The van der Waals surface area contributed by atoms with Gasteiger partial charge in [0.15, 0.2) is 0 Å². The quantitative estimate of drug-likeness (QED) is 0.677. The van der Waals surface area contributed by atoms with Crippen molar-refractivity contribution in [2.75, 3.05) is 34.2 Å². The lowest BCUT2D eigenvalue weighted by Crippen LogP contribution is -2.47. The number of urea groups is 1. The third kappa shape index (κ3) is 7.11. The van der Waals surface area contributed by atoms with Gasteiger partial charge in [0.1, 0.15) is 6.04 Å². The lowest BCUT2D eigenvalue weighted by atomic mass is 10.2. The number of nitrogens with one attached hydrogen (secondary N) is 1. The standard InChI is InChI=1S/C12H25N3O3/c1-5-7-10(11(16)17)13-12(18)15(4)9-6-8-14(2)3/h10H,5-9H2,1-4H3,(H,13,18)(H,16,17)/t10-/m0/s1. The van der Waals surface area contributed by atoms with Crippen LogP contribution in [0.25, 0.3) is 0 Å². The molecule has 0 fully saturated rings. The Morgan fingerprint density at radius 2 is 1.83 bits per heavy atom. The Labute approximate surface area is 109 Å². The molecule has 6 heteroatoms. The Balaban J connectivity index is 4.08. The van der Waals surface area contributed by atoms with Crippen molar-refractivity contribution in [3.63, 3.8) is 0 Å². The molecule has 0 unspecified atom stereocenters. The van der Waals surface area contributed by atoms with E-state index in [0.717, 1.165) is 19.4 Å². The number of nitrogens with zero attached hydrogens (tertiary/aromatic N) is 2. The smallest absolute Gasteiger partial charge is 0.326 e. The lowest BCUT2D eigenvalue weighted by Gasteiger charge is -2.21. The first-order chi connectivity index (χ1) is 8.38. The lowest BCUT2D eigenvalue weighted by molar-refractivity contribution is -0.139. The Morgan fingerprint density at radius 1 is 1.22 bits per heavy atom. The van der Waals surface area contributed by atoms with Gasteiger partial charge in [0, 0.05) is 13.6 Å². The molecule has 106 valence electrons. The number of amides is 2. The summed E-state index contributed by atoms with van der Waals surface area (Å²) >= 11 is 0. The number of carboxylic acids is 1. The zero-order valence-corrected chi connectivity index (χ0v) is 11.8. The molecule has 0 aromatic heterocycles. The number of carbonyl (C=O) groups excluding carboxylic acids is 1. The fourth-order valence-corrected chi connectivity index (χ4v) is 1.53. The Kier molecular flexibility index (Phi) is 8.11. The van der Waals surface area contributed by atoms with Crippen LogP contribution in [-0.2, 0) is 4.79 Å². The van der Waals surface area contributed by atoms with Gasteiger partial charge in [-0.05, 0) is 33.5 Å². The van der Waals surface area contributed by atoms with Crippen LogP contribution in [0, 0.1) is 0 Å². The van der Waals surface area contributed by atoms with E-state index >= 15 is 0 Å². The first-order valence-corrected chi connectivity index (χ1v) is 6.27. The van der Waals surface area contributed by atoms with Gasteiger partial charge >= 0.3 is 12.0 Å².